The number of carbonyl (C=O) groups is 1. The van der Waals surface area contributed by atoms with E-state index in [0.717, 1.165) is 24.9 Å². The summed E-state index contributed by atoms with van der Waals surface area (Å²) in [6.45, 7) is 0.872. The number of rotatable bonds is 7. The molecule has 0 aliphatic heterocycles. The summed E-state index contributed by atoms with van der Waals surface area (Å²) < 4.78 is 27.7. The normalized spacial score (nSPS) is 17.6. The van der Waals surface area contributed by atoms with E-state index in [2.05, 4.69) is 10.2 Å². The zero-order chi connectivity index (χ0) is 26.0. The molecule has 36 heavy (non-hydrogen) atoms. The number of hydrogen-bond donors (Lipinski definition) is 1. The highest BCUT2D eigenvalue weighted by atomic mass is 35.5. The number of fused-ring (bicyclic) bond motifs is 1. The van der Waals surface area contributed by atoms with Crippen molar-refractivity contribution in [1.29, 1.82) is 0 Å². The van der Waals surface area contributed by atoms with E-state index >= 15 is 0 Å². The topological polar surface area (TPSA) is 66.5 Å². The molecule has 0 saturated heterocycles. The number of sulfone groups is 1. The second kappa shape index (κ2) is 11.1. The van der Waals surface area contributed by atoms with Crippen LogP contribution in [0.4, 0.5) is 5.69 Å². The van der Waals surface area contributed by atoms with Crippen LogP contribution in [0.5, 0.6) is 0 Å². The van der Waals surface area contributed by atoms with Crippen LogP contribution in [-0.2, 0) is 16.3 Å². The molecule has 190 valence electrons. The van der Waals surface area contributed by atoms with Crippen LogP contribution in [0.3, 0.4) is 0 Å². The van der Waals surface area contributed by atoms with Crippen molar-refractivity contribution in [3.8, 4) is 0 Å². The first kappa shape index (κ1) is 27.0. The number of amides is 1. The molecule has 2 atom stereocenters. The average Bonchev–Trinajstić information content (AvgIpc) is 2.82. The van der Waals surface area contributed by atoms with Gasteiger partial charge in [0.25, 0.3) is 5.91 Å². The monoisotopic (exact) mass is 564 g/mol. The van der Waals surface area contributed by atoms with E-state index < -0.39 is 21.0 Å². The van der Waals surface area contributed by atoms with Crippen LogP contribution in [0.25, 0.3) is 0 Å². The van der Waals surface area contributed by atoms with E-state index in [9.17, 15) is 13.2 Å². The Morgan fingerprint density at radius 2 is 1.69 bits per heavy atom. The van der Waals surface area contributed by atoms with Gasteiger partial charge in [-0.05, 0) is 99.4 Å². The zero-order valence-corrected chi connectivity index (χ0v) is 23.1. The molecule has 1 aliphatic carbocycles. The van der Waals surface area contributed by atoms with Crippen molar-refractivity contribution in [3.05, 3.63) is 92.4 Å². The van der Waals surface area contributed by atoms with E-state index in [0.29, 0.717) is 22.7 Å². The van der Waals surface area contributed by atoms with Gasteiger partial charge in [-0.15, -0.1) is 0 Å². The van der Waals surface area contributed by atoms with E-state index in [1.807, 2.05) is 20.2 Å². The van der Waals surface area contributed by atoms with Crippen molar-refractivity contribution in [1.82, 2.24) is 4.90 Å². The van der Waals surface area contributed by atoms with Gasteiger partial charge in [0.05, 0.1) is 25.8 Å². The number of anilines is 1. The molecule has 0 spiro atoms. The Balaban J connectivity index is 1.71. The summed E-state index contributed by atoms with van der Waals surface area (Å²) in [6, 6.07) is 16.7. The van der Waals surface area contributed by atoms with Crippen molar-refractivity contribution < 1.29 is 13.2 Å². The van der Waals surface area contributed by atoms with E-state index in [4.69, 9.17) is 34.8 Å². The first-order chi connectivity index (χ1) is 17.1. The molecule has 3 aromatic carbocycles. The maximum atomic E-state index is 13.8. The third-order valence-corrected chi connectivity index (χ3v) is 9.45. The Morgan fingerprint density at radius 1 is 1.00 bits per heavy atom. The molecule has 1 amide bonds. The van der Waals surface area contributed by atoms with E-state index in [1.165, 1.54) is 6.07 Å². The molecule has 0 heterocycles. The molecule has 5 nitrogen and oxygen atoms in total. The number of halogens is 3. The summed E-state index contributed by atoms with van der Waals surface area (Å²) in [6.07, 6.45) is 2.15. The van der Waals surface area contributed by atoms with Gasteiger partial charge in [0.2, 0.25) is 0 Å². The van der Waals surface area contributed by atoms with Crippen LogP contribution in [0.2, 0.25) is 15.1 Å². The fraction of sp³-hybridized carbons (Fsp3) is 0.296. The highest BCUT2D eigenvalue weighted by Crippen LogP contribution is 2.43. The minimum Gasteiger partial charge on any atom is -0.322 e. The molecule has 1 N–H and O–H groups in total. The predicted molar refractivity (Wildman–Crippen MR) is 147 cm³/mol. The van der Waals surface area contributed by atoms with Gasteiger partial charge in [0.15, 0.2) is 9.84 Å². The second-order valence-electron chi connectivity index (χ2n) is 9.35. The Labute approximate surface area is 227 Å². The van der Waals surface area contributed by atoms with Crippen LogP contribution in [0, 0.1) is 5.92 Å². The van der Waals surface area contributed by atoms with E-state index in [1.54, 1.807) is 48.5 Å². The maximum Gasteiger partial charge on any atom is 0.258 e. The molecule has 3 aromatic rings. The van der Waals surface area contributed by atoms with Gasteiger partial charge < -0.3 is 10.2 Å². The average molecular weight is 566 g/mol. The van der Waals surface area contributed by atoms with Gasteiger partial charge in [0.1, 0.15) is 0 Å². The minimum atomic E-state index is -3.73. The minimum absolute atomic E-state index is 0.172. The van der Waals surface area contributed by atoms with Gasteiger partial charge in [0, 0.05) is 10.7 Å². The first-order valence-corrected chi connectivity index (χ1v) is 14.3. The van der Waals surface area contributed by atoms with Gasteiger partial charge in [-0.25, -0.2) is 8.42 Å². The number of nitrogens with zero attached hydrogens (tertiary/aromatic N) is 1. The van der Waals surface area contributed by atoms with Gasteiger partial charge in [-0.2, -0.15) is 0 Å². The lowest BCUT2D eigenvalue weighted by atomic mass is 9.81. The predicted octanol–water partition coefficient (Wildman–Crippen LogP) is 6.93. The Bertz CT molecular complexity index is 1370. The van der Waals surface area contributed by atoms with Crippen molar-refractivity contribution in [2.45, 2.75) is 29.4 Å². The standard InChI is InChI=1S/C27H27Cl3N2O3S/c1-32(2)12-11-17-13-18-9-10-20(31-27(33)26-23(29)7-4-8-24(26)30)16-22(18)25(14-17)36(34,35)21-6-3-5-19(28)15-21/h3-10,15-17,25H,11-14H2,1-2H3,(H,31,33)/t17-,25?/m1/s1. The lowest BCUT2D eigenvalue weighted by molar-refractivity contribution is 0.102. The fourth-order valence-corrected chi connectivity index (χ4v) is 7.44. The van der Waals surface area contributed by atoms with Crippen molar-refractivity contribution in [2.75, 3.05) is 26.0 Å². The Morgan fingerprint density at radius 3 is 2.36 bits per heavy atom. The molecular formula is C27H27Cl3N2O3S. The van der Waals surface area contributed by atoms with E-state index in [-0.39, 0.29) is 26.4 Å². The number of nitrogens with one attached hydrogen (secondary N) is 1. The third-order valence-electron chi connectivity index (χ3n) is 6.48. The molecule has 0 bridgehead atoms. The molecule has 0 radical (unpaired) electrons. The van der Waals surface area contributed by atoms with Crippen molar-refractivity contribution in [2.24, 2.45) is 5.92 Å². The van der Waals surface area contributed by atoms with Crippen molar-refractivity contribution in [3.63, 3.8) is 0 Å². The Hall–Kier alpha value is -2.09. The smallest absolute Gasteiger partial charge is 0.258 e. The van der Waals surface area contributed by atoms with Crippen LogP contribution >= 0.6 is 34.8 Å². The molecule has 4 rings (SSSR count). The quantitative estimate of drug-likeness (QED) is 0.337. The molecule has 1 aliphatic rings. The van der Waals surface area contributed by atoms with Crippen LogP contribution in [0.1, 0.15) is 39.6 Å². The largest absolute Gasteiger partial charge is 0.322 e. The maximum absolute atomic E-state index is 13.8. The van der Waals surface area contributed by atoms with Gasteiger partial charge >= 0.3 is 0 Å². The first-order valence-electron chi connectivity index (χ1n) is 11.6. The summed E-state index contributed by atoms with van der Waals surface area (Å²) in [7, 11) is 0.289. The summed E-state index contributed by atoms with van der Waals surface area (Å²) in [5.74, 6) is -0.249. The van der Waals surface area contributed by atoms with Crippen molar-refractivity contribution >= 4 is 56.2 Å². The van der Waals surface area contributed by atoms with Crippen LogP contribution in [0.15, 0.2) is 65.6 Å². The Kier molecular flexibility index (Phi) is 8.32. The van der Waals surface area contributed by atoms with Crippen LogP contribution < -0.4 is 5.32 Å². The van der Waals surface area contributed by atoms with Crippen LogP contribution in [-0.4, -0.2) is 39.9 Å². The number of benzene rings is 3. The fourth-order valence-electron chi connectivity index (χ4n) is 4.65. The molecule has 0 saturated carbocycles. The highest BCUT2D eigenvalue weighted by Gasteiger charge is 2.37. The zero-order valence-electron chi connectivity index (χ0n) is 20.0. The van der Waals surface area contributed by atoms with Gasteiger partial charge in [-0.1, -0.05) is 53.0 Å². The molecular weight excluding hydrogens is 539 g/mol. The molecule has 9 heteroatoms. The summed E-state index contributed by atoms with van der Waals surface area (Å²) in [4.78, 5) is 15.2. The highest BCUT2D eigenvalue weighted by molar-refractivity contribution is 7.91. The molecule has 0 fully saturated rings. The second-order valence-corrected chi connectivity index (χ2v) is 12.7. The summed E-state index contributed by atoms with van der Waals surface area (Å²) in [5, 5.41) is 2.92. The third kappa shape index (κ3) is 5.90. The summed E-state index contributed by atoms with van der Waals surface area (Å²) in [5.41, 5.74) is 2.31. The summed E-state index contributed by atoms with van der Waals surface area (Å²) >= 11 is 18.5. The molecule has 1 unspecified atom stereocenters. The number of hydrogen-bond acceptors (Lipinski definition) is 4. The van der Waals surface area contributed by atoms with Gasteiger partial charge in [-0.3, -0.25) is 4.79 Å². The lowest BCUT2D eigenvalue weighted by Gasteiger charge is -2.32. The number of carbonyl (C=O) groups excluding carboxylic acids is 1. The molecule has 0 aromatic heterocycles. The SMILES string of the molecule is CN(C)CC[C@@H]1Cc2ccc(NC(=O)c3c(Cl)cccc3Cl)cc2C(S(=O)(=O)c2cccc(Cl)c2)C1. The lowest BCUT2D eigenvalue weighted by Crippen LogP contribution is -2.27.